The van der Waals surface area contributed by atoms with E-state index in [1.54, 1.807) is 19.3 Å². The van der Waals surface area contributed by atoms with Crippen LogP contribution in [0.5, 0.6) is 5.88 Å². The first-order valence-electron chi connectivity index (χ1n) is 7.71. The molecule has 3 heterocycles. The Hall–Kier alpha value is -2.68. The number of piperazine rings is 1. The quantitative estimate of drug-likeness (QED) is 0.857. The zero-order valence-electron chi connectivity index (χ0n) is 14.1. The first kappa shape index (κ1) is 16.2. The SMILES string of the molecule is COc1nn(C)cc1C(=O)Nc1cc(N2CCN(C)CC2)ncn1. The molecule has 1 aliphatic heterocycles. The average molecular weight is 331 g/mol. The molecule has 2 aromatic rings. The summed E-state index contributed by atoms with van der Waals surface area (Å²) in [6, 6.07) is 1.78. The number of hydrogen-bond acceptors (Lipinski definition) is 7. The van der Waals surface area contributed by atoms with Crippen LogP contribution in [-0.4, -0.2) is 70.9 Å². The van der Waals surface area contributed by atoms with E-state index in [4.69, 9.17) is 4.74 Å². The van der Waals surface area contributed by atoms with Gasteiger partial charge in [0.25, 0.3) is 5.91 Å². The lowest BCUT2D eigenvalue weighted by Gasteiger charge is -2.33. The molecular weight excluding hydrogens is 310 g/mol. The number of aromatic nitrogens is 4. The third kappa shape index (κ3) is 3.46. The minimum absolute atomic E-state index is 0.281. The molecule has 128 valence electrons. The predicted molar refractivity (Wildman–Crippen MR) is 89.5 cm³/mol. The fraction of sp³-hybridized carbons (Fsp3) is 0.467. The third-order valence-corrected chi connectivity index (χ3v) is 3.95. The first-order chi connectivity index (χ1) is 11.6. The van der Waals surface area contributed by atoms with Crippen molar-refractivity contribution in [3.8, 4) is 5.88 Å². The molecule has 3 rings (SSSR count). The van der Waals surface area contributed by atoms with Crippen molar-refractivity contribution >= 4 is 17.5 Å². The molecule has 0 saturated carbocycles. The van der Waals surface area contributed by atoms with Gasteiger partial charge in [-0.1, -0.05) is 0 Å². The summed E-state index contributed by atoms with van der Waals surface area (Å²) in [6.07, 6.45) is 3.07. The largest absolute Gasteiger partial charge is 0.479 e. The molecule has 9 nitrogen and oxygen atoms in total. The fourth-order valence-corrected chi connectivity index (χ4v) is 2.58. The number of amides is 1. The number of nitrogens with zero attached hydrogens (tertiary/aromatic N) is 6. The van der Waals surface area contributed by atoms with Crippen LogP contribution in [0.4, 0.5) is 11.6 Å². The monoisotopic (exact) mass is 331 g/mol. The van der Waals surface area contributed by atoms with E-state index >= 15 is 0 Å². The van der Waals surface area contributed by atoms with Crippen LogP contribution in [-0.2, 0) is 7.05 Å². The Morgan fingerprint density at radius 1 is 1.21 bits per heavy atom. The van der Waals surface area contributed by atoms with Gasteiger partial charge >= 0.3 is 0 Å². The van der Waals surface area contributed by atoms with Gasteiger partial charge in [0.2, 0.25) is 5.88 Å². The second-order valence-corrected chi connectivity index (χ2v) is 5.73. The van der Waals surface area contributed by atoms with Crippen LogP contribution in [0.25, 0.3) is 0 Å². The van der Waals surface area contributed by atoms with Crippen molar-refractivity contribution < 1.29 is 9.53 Å². The lowest BCUT2D eigenvalue weighted by atomic mass is 10.3. The standard InChI is InChI=1S/C15H21N7O2/c1-20-4-6-22(7-5-20)13-8-12(16-10-17-13)18-14(23)11-9-21(2)19-15(11)24-3/h8-10H,4-7H2,1-3H3,(H,16,17,18,23). The normalized spacial score (nSPS) is 15.4. The van der Waals surface area contributed by atoms with E-state index in [-0.39, 0.29) is 11.8 Å². The highest BCUT2D eigenvalue weighted by atomic mass is 16.5. The topological polar surface area (TPSA) is 88.4 Å². The molecule has 0 aromatic carbocycles. The molecule has 24 heavy (non-hydrogen) atoms. The molecule has 1 fully saturated rings. The van der Waals surface area contributed by atoms with E-state index in [9.17, 15) is 4.79 Å². The van der Waals surface area contributed by atoms with Crippen LogP contribution < -0.4 is 15.0 Å². The summed E-state index contributed by atoms with van der Waals surface area (Å²) in [7, 11) is 5.31. The number of rotatable bonds is 4. The maximum absolute atomic E-state index is 12.4. The van der Waals surface area contributed by atoms with Crippen LogP contribution in [0.15, 0.2) is 18.6 Å². The van der Waals surface area contributed by atoms with E-state index in [1.165, 1.54) is 18.1 Å². The van der Waals surface area contributed by atoms with Crippen molar-refractivity contribution in [1.82, 2.24) is 24.6 Å². The molecule has 1 amide bonds. The summed E-state index contributed by atoms with van der Waals surface area (Å²) in [5, 5.41) is 6.85. The highest BCUT2D eigenvalue weighted by Gasteiger charge is 2.19. The molecule has 0 radical (unpaired) electrons. The Morgan fingerprint density at radius 3 is 2.67 bits per heavy atom. The highest BCUT2D eigenvalue weighted by Crippen LogP contribution is 2.19. The van der Waals surface area contributed by atoms with E-state index in [2.05, 4.69) is 37.2 Å². The number of carbonyl (C=O) groups is 1. The van der Waals surface area contributed by atoms with Crippen molar-refractivity contribution in [3.63, 3.8) is 0 Å². The van der Waals surface area contributed by atoms with Gasteiger partial charge in [-0.25, -0.2) is 9.97 Å². The lowest BCUT2D eigenvalue weighted by molar-refractivity contribution is 0.102. The van der Waals surface area contributed by atoms with Gasteiger partial charge in [-0.2, -0.15) is 0 Å². The highest BCUT2D eigenvalue weighted by molar-refractivity contribution is 6.05. The Bertz CT molecular complexity index is 722. The molecule has 0 bridgehead atoms. The number of anilines is 2. The van der Waals surface area contributed by atoms with Gasteiger partial charge in [-0.3, -0.25) is 9.48 Å². The molecule has 0 spiro atoms. The zero-order chi connectivity index (χ0) is 17.1. The van der Waals surface area contributed by atoms with Gasteiger partial charge in [0.15, 0.2) is 0 Å². The summed E-state index contributed by atoms with van der Waals surface area (Å²) < 4.78 is 6.65. The minimum Gasteiger partial charge on any atom is -0.479 e. The second-order valence-electron chi connectivity index (χ2n) is 5.73. The maximum Gasteiger partial charge on any atom is 0.263 e. The molecule has 1 aliphatic rings. The van der Waals surface area contributed by atoms with Crippen molar-refractivity contribution in [2.45, 2.75) is 0 Å². The predicted octanol–water partition coefficient (Wildman–Crippen LogP) is 0.223. The molecule has 0 aliphatic carbocycles. The molecule has 2 aromatic heterocycles. The van der Waals surface area contributed by atoms with Crippen molar-refractivity contribution in [3.05, 3.63) is 24.2 Å². The van der Waals surface area contributed by atoms with Gasteiger partial charge in [0.1, 0.15) is 23.5 Å². The van der Waals surface area contributed by atoms with E-state index in [0.717, 1.165) is 32.0 Å². The number of hydrogen-bond donors (Lipinski definition) is 1. The van der Waals surface area contributed by atoms with Gasteiger partial charge < -0.3 is 19.9 Å². The van der Waals surface area contributed by atoms with Crippen molar-refractivity contribution in [2.24, 2.45) is 7.05 Å². The Morgan fingerprint density at radius 2 is 1.96 bits per heavy atom. The van der Waals surface area contributed by atoms with Gasteiger partial charge in [-0.15, -0.1) is 5.10 Å². The van der Waals surface area contributed by atoms with Gasteiger partial charge in [0, 0.05) is 45.5 Å². The van der Waals surface area contributed by atoms with E-state index < -0.39 is 0 Å². The summed E-state index contributed by atoms with van der Waals surface area (Å²) in [4.78, 5) is 25.3. The summed E-state index contributed by atoms with van der Waals surface area (Å²) in [5.41, 5.74) is 0.361. The smallest absolute Gasteiger partial charge is 0.263 e. The lowest BCUT2D eigenvalue weighted by Crippen LogP contribution is -2.44. The maximum atomic E-state index is 12.4. The number of ether oxygens (including phenoxy) is 1. The molecule has 1 N–H and O–H groups in total. The van der Waals surface area contributed by atoms with Gasteiger partial charge in [-0.05, 0) is 7.05 Å². The number of carbonyl (C=O) groups excluding carboxylic acids is 1. The first-order valence-corrected chi connectivity index (χ1v) is 7.71. The van der Waals surface area contributed by atoms with Gasteiger partial charge in [0.05, 0.1) is 7.11 Å². The molecular formula is C15H21N7O2. The zero-order valence-corrected chi connectivity index (χ0v) is 14.1. The number of nitrogens with one attached hydrogen (secondary N) is 1. The van der Waals surface area contributed by atoms with Crippen LogP contribution in [0.1, 0.15) is 10.4 Å². The number of methoxy groups -OCH3 is 1. The average Bonchev–Trinajstić information content (AvgIpc) is 2.97. The van der Waals surface area contributed by atoms with E-state index in [0.29, 0.717) is 11.4 Å². The summed E-state index contributed by atoms with van der Waals surface area (Å²) in [5.74, 6) is 1.23. The van der Waals surface area contributed by atoms with Crippen molar-refractivity contribution in [2.75, 3.05) is 50.6 Å². The molecule has 1 saturated heterocycles. The third-order valence-electron chi connectivity index (χ3n) is 3.95. The number of aryl methyl sites for hydroxylation is 1. The second kappa shape index (κ2) is 6.83. The van der Waals surface area contributed by atoms with Crippen LogP contribution in [0.3, 0.4) is 0 Å². The Kier molecular flexibility index (Phi) is 4.61. The van der Waals surface area contributed by atoms with Crippen LogP contribution >= 0.6 is 0 Å². The Balaban J connectivity index is 1.73. The van der Waals surface area contributed by atoms with Crippen LogP contribution in [0.2, 0.25) is 0 Å². The summed E-state index contributed by atoms with van der Waals surface area (Å²) in [6.45, 7) is 3.77. The summed E-state index contributed by atoms with van der Waals surface area (Å²) >= 11 is 0. The number of likely N-dealkylation sites (N-methyl/N-ethyl adjacent to an activating group) is 1. The molecule has 0 unspecified atom stereocenters. The van der Waals surface area contributed by atoms with E-state index in [1.807, 2.05) is 0 Å². The fourth-order valence-electron chi connectivity index (χ4n) is 2.58. The van der Waals surface area contributed by atoms with Crippen molar-refractivity contribution in [1.29, 1.82) is 0 Å². The van der Waals surface area contributed by atoms with Crippen LogP contribution in [0, 0.1) is 0 Å². The minimum atomic E-state index is -0.317. The Labute approximate surface area is 140 Å². The molecule has 0 atom stereocenters. The molecule has 9 heteroatoms.